The molecule has 0 atom stereocenters. The van der Waals surface area contributed by atoms with Crippen molar-refractivity contribution in [3.63, 3.8) is 0 Å². The van der Waals surface area contributed by atoms with Crippen molar-refractivity contribution in [3.05, 3.63) is 63.7 Å². The van der Waals surface area contributed by atoms with E-state index in [9.17, 15) is 14.9 Å². The number of rotatable bonds is 5. The predicted octanol–water partition coefficient (Wildman–Crippen LogP) is 3.54. The van der Waals surface area contributed by atoms with E-state index in [1.54, 1.807) is 0 Å². The lowest BCUT2D eigenvalue weighted by Crippen LogP contribution is -2.07. The Balaban J connectivity index is 1.76. The van der Waals surface area contributed by atoms with Gasteiger partial charge in [-0.1, -0.05) is 19.1 Å². The van der Waals surface area contributed by atoms with Crippen LogP contribution in [0.3, 0.4) is 0 Å². The summed E-state index contributed by atoms with van der Waals surface area (Å²) in [6, 6.07) is 10.3. The van der Waals surface area contributed by atoms with E-state index in [1.807, 2.05) is 24.3 Å². The van der Waals surface area contributed by atoms with Crippen molar-refractivity contribution >= 4 is 23.4 Å². The van der Waals surface area contributed by atoms with E-state index >= 15 is 0 Å². The lowest BCUT2D eigenvalue weighted by atomic mass is 10.1. The summed E-state index contributed by atoms with van der Waals surface area (Å²) in [5.74, 6) is 0.362. The Labute approximate surface area is 144 Å². The molecule has 1 heterocycles. The van der Waals surface area contributed by atoms with Gasteiger partial charge in [-0.2, -0.15) is 0 Å². The van der Waals surface area contributed by atoms with Crippen molar-refractivity contribution in [2.45, 2.75) is 13.3 Å². The molecule has 25 heavy (non-hydrogen) atoms. The average Bonchev–Trinajstić information content (AvgIpc) is 3.07. The highest BCUT2D eigenvalue weighted by molar-refractivity contribution is 6.02. The van der Waals surface area contributed by atoms with Gasteiger partial charge < -0.3 is 14.8 Å². The lowest BCUT2D eigenvalue weighted by molar-refractivity contribution is -0.385. The highest BCUT2D eigenvalue weighted by Gasteiger charge is 2.22. The van der Waals surface area contributed by atoms with Crippen LogP contribution in [0.15, 0.2) is 42.5 Å². The van der Waals surface area contributed by atoms with Crippen LogP contribution in [0.4, 0.5) is 11.4 Å². The number of hydrogen-bond donors (Lipinski definition) is 1. The van der Waals surface area contributed by atoms with E-state index in [-0.39, 0.29) is 24.0 Å². The van der Waals surface area contributed by atoms with Crippen molar-refractivity contribution in [1.29, 1.82) is 0 Å². The number of aryl methyl sites for hydroxylation is 1. The monoisotopic (exact) mass is 340 g/mol. The van der Waals surface area contributed by atoms with Crippen LogP contribution < -0.4 is 14.8 Å². The molecule has 1 aliphatic heterocycles. The quantitative estimate of drug-likeness (QED) is 0.511. The Morgan fingerprint density at radius 3 is 2.56 bits per heavy atom. The number of carbonyl (C=O) groups excluding carboxylic acids is 1. The smallest absolute Gasteiger partial charge is 0.280 e. The maximum absolute atomic E-state index is 12.0. The first-order chi connectivity index (χ1) is 12.1. The minimum Gasteiger partial charge on any atom is -0.454 e. The van der Waals surface area contributed by atoms with Crippen LogP contribution in [-0.4, -0.2) is 17.6 Å². The number of nitrogens with one attached hydrogen (secondary N) is 1. The average molecular weight is 340 g/mol. The first-order valence-corrected chi connectivity index (χ1v) is 7.73. The van der Waals surface area contributed by atoms with Gasteiger partial charge in [0, 0.05) is 11.8 Å². The first-order valence-electron chi connectivity index (χ1n) is 7.73. The number of nitro benzene ring substituents is 1. The Bertz CT molecular complexity index is 843. The molecule has 7 nitrogen and oxygen atoms in total. The fourth-order valence-corrected chi connectivity index (χ4v) is 2.41. The summed E-state index contributed by atoms with van der Waals surface area (Å²) in [6.45, 7) is 2.07. The highest BCUT2D eigenvalue weighted by Crippen LogP contribution is 2.38. The van der Waals surface area contributed by atoms with Crippen LogP contribution in [0, 0.1) is 10.1 Å². The SMILES string of the molecule is CCc1ccc(NC(=O)/C=C/c2cc3c(cc2[N+](=O)[O-])OCO3)cc1. The zero-order valence-electron chi connectivity index (χ0n) is 13.5. The van der Waals surface area contributed by atoms with Crippen LogP contribution >= 0.6 is 0 Å². The second-order valence-corrected chi connectivity index (χ2v) is 5.39. The van der Waals surface area contributed by atoms with Gasteiger partial charge in [0.05, 0.1) is 16.6 Å². The molecule has 2 aromatic carbocycles. The molecule has 7 heteroatoms. The lowest BCUT2D eigenvalue weighted by Gasteiger charge is -2.04. The summed E-state index contributed by atoms with van der Waals surface area (Å²) >= 11 is 0. The Morgan fingerprint density at radius 1 is 1.24 bits per heavy atom. The molecule has 1 aliphatic rings. The molecular formula is C18H16N2O5. The van der Waals surface area contributed by atoms with Crippen LogP contribution in [0.2, 0.25) is 0 Å². The third-order valence-electron chi connectivity index (χ3n) is 3.76. The molecule has 1 amide bonds. The summed E-state index contributed by atoms with van der Waals surface area (Å²) in [7, 11) is 0. The molecule has 0 aliphatic carbocycles. The van der Waals surface area contributed by atoms with Gasteiger partial charge in [0.15, 0.2) is 11.5 Å². The predicted molar refractivity (Wildman–Crippen MR) is 92.7 cm³/mol. The number of nitro groups is 1. The minimum absolute atomic E-state index is 0.0217. The van der Waals surface area contributed by atoms with E-state index in [0.717, 1.165) is 6.42 Å². The molecule has 0 saturated heterocycles. The zero-order valence-corrected chi connectivity index (χ0v) is 13.5. The second kappa shape index (κ2) is 7.04. The van der Waals surface area contributed by atoms with Crippen molar-refractivity contribution < 1.29 is 19.2 Å². The molecular weight excluding hydrogens is 324 g/mol. The fraction of sp³-hybridized carbons (Fsp3) is 0.167. The summed E-state index contributed by atoms with van der Waals surface area (Å²) in [5, 5.41) is 13.9. The highest BCUT2D eigenvalue weighted by atomic mass is 16.7. The molecule has 1 N–H and O–H groups in total. The number of benzene rings is 2. The Morgan fingerprint density at radius 2 is 1.92 bits per heavy atom. The summed E-state index contributed by atoms with van der Waals surface area (Å²) in [4.78, 5) is 22.7. The number of fused-ring (bicyclic) bond motifs is 1. The van der Waals surface area contributed by atoms with Gasteiger partial charge >= 0.3 is 0 Å². The molecule has 128 valence electrons. The van der Waals surface area contributed by atoms with Gasteiger partial charge in [0.25, 0.3) is 5.69 Å². The largest absolute Gasteiger partial charge is 0.454 e. The summed E-state index contributed by atoms with van der Waals surface area (Å²) in [5.41, 5.74) is 1.95. The van der Waals surface area contributed by atoms with Crippen molar-refractivity contribution in [2.24, 2.45) is 0 Å². The number of ether oxygens (including phenoxy) is 2. The van der Waals surface area contributed by atoms with Gasteiger partial charge in [-0.15, -0.1) is 0 Å². The standard InChI is InChI=1S/C18H16N2O5/c1-2-12-3-6-14(7-4-12)19-18(21)8-5-13-9-16-17(25-11-24-16)10-15(13)20(22)23/h3-10H,2,11H2,1H3,(H,19,21)/b8-5+. The maximum Gasteiger partial charge on any atom is 0.280 e. The number of anilines is 1. The van der Waals surface area contributed by atoms with Crippen LogP contribution in [0.5, 0.6) is 11.5 Å². The molecule has 0 radical (unpaired) electrons. The van der Waals surface area contributed by atoms with Crippen LogP contribution in [0.25, 0.3) is 6.08 Å². The van der Waals surface area contributed by atoms with E-state index in [4.69, 9.17) is 9.47 Å². The number of carbonyl (C=O) groups is 1. The summed E-state index contributed by atoms with van der Waals surface area (Å²) < 4.78 is 10.4. The molecule has 0 bridgehead atoms. The summed E-state index contributed by atoms with van der Waals surface area (Å²) in [6.07, 6.45) is 3.55. The molecule has 0 aromatic heterocycles. The number of nitrogens with zero attached hydrogens (tertiary/aromatic N) is 1. The van der Waals surface area contributed by atoms with Crippen LogP contribution in [-0.2, 0) is 11.2 Å². The molecule has 0 saturated carbocycles. The van der Waals surface area contributed by atoms with Crippen molar-refractivity contribution in [1.82, 2.24) is 0 Å². The fourth-order valence-electron chi connectivity index (χ4n) is 2.41. The van der Waals surface area contributed by atoms with Crippen molar-refractivity contribution in [3.8, 4) is 11.5 Å². The first kappa shape index (κ1) is 16.5. The van der Waals surface area contributed by atoms with Crippen molar-refractivity contribution in [2.75, 3.05) is 12.1 Å². The number of hydrogen-bond acceptors (Lipinski definition) is 5. The number of amides is 1. The van der Waals surface area contributed by atoms with Gasteiger partial charge in [-0.25, -0.2) is 0 Å². The van der Waals surface area contributed by atoms with Gasteiger partial charge in [-0.05, 0) is 36.3 Å². The van der Waals surface area contributed by atoms with Crippen LogP contribution in [0.1, 0.15) is 18.1 Å². The molecule has 3 rings (SSSR count). The van der Waals surface area contributed by atoms with Gasteiger partial charge in [-0.3, -0.25) is 14.9 Å². The second-order valence-electron chi connectivity index (χ2n) is 5.39. The third-order valence-corrected chi connectivity index (χ3v) is 3.76. The van der Waals surface area contributed by atoms with Gasteiger partial charge in [0.2, 0.25) is 12.7 Å². The topological polar surface area (TPSA) is 90.7 Å². The Hall–Kier alpha value is -3.35. The Kier molecular flexibility index (Phi) is 4.65. The van der Waals surface area contributed by atoms with E-state index in [1.165, 1.54) is 29.8 Å². The minimum atomic E-state index is -0.525. The zero-order chi connectivity index (χ0) is 17.8. The van der Waals surface area contributed by atoms with E-state index < -0.39 is 4.92 Å². The normalized spacial score (nSPS) is 12.4. The molecule has 2 aromatic rings. The third kappa shape index (κ3) is 3.77. The van der Waals surface area contributed by atoms with E-state index in [2.05, 4.69) is 12.2 Å². The molecule has 0 spiro atoms. The molecule has 0 fully saturated rings. The van der Waals surface area contributed by atoms with Gasteiger partial charge in [0.1, 0.15) is 0 Å². The maximum atomic E-state index is 12.0. The molecule has 0 unspecified atom stereocenters. The van der Waals surface area contributed by atoms with E-state index in [0.29, 0.717) is 17.2 Å².